The summed E-state index contributed by atoms with van der Waals surface area (Å²) in [6.07, 6.45) is 5.54. The summed E-state index contributed by atoms with van der Waals surface area (Å²) in [5, 5.41) is 3.11. The lowest BCUT2D eigenvalue weighted by atomic mass is 9.93. The number of carbonyl (C=O) groups is 2. The van der Waals surface area contributed by atoms with Crippen molar-refractivity contribution >= 4 is 29.4 Å². The fourth-order valence-electron chi connectivity index (χ4n) is 4.18. The first-order valence-corrected chi connectivity index (χ1v) is 12.9. The van der Waals surface area contributed by atoms with Crippen LogP contribution in [-0.4, -0.2) is 64.8 Å². The monoisotopic (exact) mass is 531 g/mol. The minimum Gasteiger partial charge on any atom is -0.444 e. The van der Waals surface area contributed by atoms with E-state index in [1.807, 2.05) is 32.9 Å². The van der Waals surface area contributed by atoms with Crippen molar-refractivity contribution in [3.63, 3.8) is 0 Å². The zero-order valence-corrected chi connectivity index (χ0v) is 22.2. The molecule has 2 aliphatic rings. The van der Waals surface area contributed by atoms with Crippen LogP contribution < -0.4 is 15.6 Å². The number of likely N-dealkylation sites (tertiary alicyclic amines) is 1. The van der Waals surface area contributed by atoms with Crippen molar-refractivity contribution < 1.29 is 23.9 Å². The summed E-state index contributed by atoms with van der Waals surface area (Å²) < 4.78 is 10.8. The van der Waals surface area contributed by atoms with Crippen molar-refractivity contribution in [1.82, 2.24) is 20.3 Å². The number of pyridine rings is 2. The number of rotatable bonds is 7. The molecule has 2 fully saturated rings. The molecule has 0 aromatic carbocycles. The fourth-order valence-corrected chi connectivity index (χ4v) is 4.32. The van der Waals surface area contributed by atoms with Crippen LogP contribution in [0.2, 0.25) is 5.02 Å². The summed E-state index contributed by atoms with van der Waals surface area (Å²) in [5.74, 6) is 0.763. The van der Waals surface area contributed by atoms with E-state index in [1.54, 1.807) is 17.2 Å². The third-order valence-electron chi connectivity index (χ3n) is 6.13. The summed E-state index contributed by atoms with van der Waals surface area (Å²) in [5.41, 5.74) is 4.18. The van der Waals surface area contributed by atoms with E-state index in [4.69, 9.17) is 25.9 Å². The zero-order chi connectivity index (χ0) is 26.4. The Hall–Kier alpha value is -2.95. The van der Waals surface area contributed by atoms with Crippen molar-refractivity contribution in [1.29, 1.82) is 0 Å². The van der Waals surface area contributed by atoms with Gasteiger partial charge in [0.1, 0.15) is 16.4 Å². The van der Waals surface area contributed by atoms with Crippen molar-refractivity contribution in [3.8, 4) is 5.75 Å². The lowest BCUT2D eigenvalue weighted by Crippen LogP contribution is -2.41. The van der Waals surface area contributed by atoms with Gasteiger partial charge in [0, 0.05) is 43.6 Å². The maximum absolute atomic E-state index is 12.6. The lowest BCUT2D eigenvalue weighted by Gasteiger charge is -2.33. The SMILES string of the molecule is CC(C)(C)OC(=O)N1CCC(c2ccc(CC(=O)Nc3cc(ON[C@@H]4CCOC4)c(Cl)cn3)cn2)CC1. The van der Waals surface area contributed by atoms with Crippen LogP contribution in [0, 0.1) is 0 Å². The number of nitrogens with one attached hydrogen (secondary N) is 2. The van der Waals surface area contributed by atoms with E-state index >= 15 is 0 Å². The van der Waals surface area contributed by atoms with Gasteiger partial charge in [-0.2, -0.15) is 5.48 Å². The highest BCUT2D eigenvalue weighted by atomic mass is 35.5. The van der Waals surface area contributed by atoms with E-state index in [0.29, 0.717) is 42.9 Å². The molecule has 4 heterocycles. The van der Waals surface area contributed by atoms with Gasteiger partial charge in [-0.15, -0.1) is 0 Å². The Morgan fingerprint density at radius 1 is 1.16 bits per heavy atom. The molecule has 0 unspecified atom stereocenters. The van der Waals surface area contributed by atoms with Gasteiger partial charge in [0.2, 0.25) is 5.91 Å². The normalized spacial score (nSPS) is 18.5. The van der Waals surface area contributed by atoms with Crippen LogP contribution >= 0.6 is 11.6 Å². The van der Waals surface area contributed by atoms with Gasteiger partial charge >= 0.3 is 6.09 Å². The molecule has 200 valence electrons. The van der Waals surface area contributed by atoms with E-state index in [1.165, 1.54) is 6.20 Å². The highest BCUT2D eigenvalue weighted by Crippen LogP contribution is 2.28. The van der Waals surface area contributed by atoms with Gasteiger partial charge in [-0.3, -0.25) is 9.78 Å². The molecule has 2 N–H and O–H groups in total. The van der Waals surface area contributed by atoms with Crippen molar-refractivity contribution in [2.75, 3.05) is 31.6 Å². The molecule has 0 saturated carbocycles. The van der Waals surface area contributed by atoms with Gasteiger partial charge in [-0.1, -0.05) is 17.7 Å². The third-order valence-corrected chi connectivity index (χ3v) is 6.41. The van der Waals surface area contributed by atoms with Gasteiger partial charge < -0.3 is 24.5 Å². The highest BCUT2D eigenvalue weighted by Gasteiger charge is 2.28. The second-order valence-corrected chi connectivity index (χ2v) is 10.7. The number of hydrogen-bond acceptors (Lipinski definition) is 8. The summed E-state index contributed by atoms with van der Waals surface area (Å²) in [6, 6.07) is 5.55. The number of hydrogen-bond donors (Lipinski definition) is 2. The Balaban J connectivity index is 1.25. The first-order valence-electron chi connectivity index (χ1n) is 12.5. The first kappa shape index (κ1) is 27.1. The molecule has 0 radical (unpaired) electrons. The summed E-state index contributed by atoms with van der Waals surface area (Å²) in [4.78, 5) is 41.0. The number of ether oxygens (including phenoxy) is 2. The molecule has 2 aromatic rings. The molecule has 10 nitrogen and oxygen atoms in total. The second-order valence-electron chi connectivity index (χ2n) is 10.3. The molecule has 2 saturated heterocycles. The fraction of sp³-hybridized carbons (Fsp3) is 0.538. The van der Waals surface area contributed by atoms with Crippen molar-refractivity contribution in [3.05, 3.63) is 46.9 Å². The molecule has 2 amide bonds. The van der Waals surface area contributed by atoms with Crippen LogP contribution in [0.15, 0.2) is 30.6 Å². The molecule has 37 heavy (non-hydrogen) atoms. The third kappa shape index (κ3) is 8.02. The van der Waals surface area contributed by atoms with Crippen molar-refractivity contribution in [2.45, 2.75) is 64.0 Å². The Labute approximate surface area is 222 Å². The second kappa shape index (κ2) is 12.1. The van der Waals surface area contributed by atoms with E-state index in [9.17, 15) is 9.59 Å². The van der Waals surface area contributed by atoms with Gasteiger partial charge in [-0.05, 0) is 51.7 Å². The van der Waals surface area contributed by atoms with Gasteiger partial charge in [-0.25, -0.2) is 9.78 Å². The average molecular weight is 532 g/mol. The number of halogens is 1. The highest BCUT2D eigenvalue weighted by molar-refractivity contribution is 6.32. The van der Waals surface area contributed by atoms with Crippen LogP contribution in [0.25, 0.3) is 0 Å². The number of hydroxylamine groups is 1. The average Bonchev–Trinajstić information content (AvgIpc) is 3.38. The molecule has 0 aliphatic carbocycles. The largest absolute Gasteiger partial charge is 0.444 e. The summed E-state index contributed by atoms with van der Waals surface area (Å²) in [7, 11) is 0. The summed E-state index contributed by atoms with van der Waals surface area (Å²) >= 11 is 6.17. The number of aromatic nitrogens is 2. The van der Waals surface area contributed by atoms with Gasteiger partial charge in [0.05, 0.1) is 25.3 Å². The van der Waals surface area contributed by atoms with Gasteiger partial charge in [0.25, 0.3) is 0 Å². The number of anilines is 1. The Bertz CT molecular complexity index is 1080. The lowest BCUT2D eigenvalue weighted by molar-refractivity contribution is -0.115. The van der Waals surface area contributed by atoms with Crippen LogP contribution in [-0.2, 0) is 20.7 Å². The predicted octanol–water partition coefficient (Wildman–Crippen LogP) is 4.10. The minimum atomic E-state index is -0.501. The Kier molecular flexibility index (Phi) is 8.83. The van der Waals surface area contributed by atoms with Crippen LogP contribution in [0.5, 0.6) is 5.75 Å². The minimum absolute atomic E-state index is 0.0928. The smallest absolute Gasteiger partial charge is 0.410 e. The molecule has 4 rings (SSSR count). The molecule has 11 heteroatoms. The van der Waals surface area contributed by atoms with E-state index < -0.39 is 5.60 Å². The van der Waals surface area contributed by atoms with Crippen LogP contribution in [0.4, 0.5) is 10.6 Å². The van der Waals surface area contributed by atoms with Gasteiger partial charge in [0.15, 0.2) is 5.75 Å². The first-order chi connectivity index (χ1) is 17.7. The van der Waals surface area contributed by atoms with E-state index in [0.717, 1.165) is 30.5 Å². The Morgan fingerprint density at radius 2 is 1.95 bits per heavy atom. The maximum Gasteiger partial charge on any atom is 0.410 e. The standard InChI is InChI=1S/C26H34ClN5O5/c1-26(2,3)36-25(34)32-9-6-18(7-10-32)21-5-4-17(14-28-21)12-24(33)30-23-13-22(20(27)15-29-23)37-31-19-8-11-35-16-19/h4-5,13-15,18-19,31H,6-12,16H2,1-3H3,(H,29,30,33)/t19-/m1/s1. The predicted molar refractivity (Wildman–Crippen MR) is 139 cm³/mol. The summed E-state index contributed by atoms with van der Waals surface area (Å²) in [6.45, 7) is 8.14. The number of nitrogens with zero attached hydrogens (tertiary/aromatic N) is 3. The number of piperidine rings is 1. The van der Waals surface area contributed by atoms with Crippen molar-refractivity contribution in [2.24, 2.45) is 0 Å². The molecule has 0 spiro atoms. The molecule has 1 atom stereocenters. The Morgan fingerprint density at radius 3 is 2.59 bits per heavy atom. The molecular formula is C26H34ClN5O5. The van der Waals surface area contributed by atoms with Crippen LogP contribution in [0.3, 0.4) is 0 Å². The molecule has 0 bridgehead atoms. The van der Waals surface area contributed by atoms with E-state index in [-0.39, 0.29) is 30.4 Å². The maximum atomic E-state index is 12.6. The quantitative estimate of drug-likeness (QED) is 0.513. The number of amides is 2. The van der Waals surface area contributed by atoms with E-state index in [2.05, 4.69) is 20.8 Å². The molecular weight excluding hydrogens is 498 g/mol. The number of carbonyl (C=O) groups excluding carboxylic acids is 2. The van der Waals surface area contributed by atoms with Crippen LogP contribution in [0.1, 0.15) is 57.2 Å². The molecule has 2 aromatic heterocycles. The topological polar surface area (TPSA) is 115 Å². The zero-order valence-electron chi connectivity index (χ0n) is 21.5. The molecule has 2 aliphatic heterocycles.